The lowest BCUT2D eigenvalue weighted by Gasteiger charge is -2.26. The number of halogens is 1. The minimum absolute atomic E-state index is 0.915. The van der Waals surface area contributed by atoms with Crippen molar-refractivity contribution in [3.63, 3.8) is 0 Å². The van der Waals surface area contributed by atoms with Crippen molar-refractivity contribution in [1.82, 2.24) is 0 Å². The van der Waals surface area contributed by atoms with E-state index in [0.717, 1.165) is 9.61 Å². The van der Waals surface area contributed by atoms with Crippen LogP contribution in [0.4, 0.5) is 0 Å². The summed E-state index contributed by atoms with van der Waals surface area (Å²) in [6.07, 6.45) is 0. The number of alkyl halides is 1. The van der Waals surface area contributed by atoms with Gasteiger partial charge in [-0.1, -0.05) is 46.9 Å². The maximum Gasteiger partial charge on any atom is 0.536 e. The summed E-state index contributed by atoms with van der Waals surface area (Å²) in [6, 6.07) is 8.07. The predicted molar refractivity (Wildman–Crippen MR) is 70.6 cm³/mol. The quantitative estimate of drug-likeness (QED) is 0.465. The van der Waals surface area contributed by atoms with Gasteiger partial charge in [-0.15, -0.1) is 0 Å². The summed E-state index contributed by atoms with van der Waals surface area (Å²) in [5.41, 5.74) is 1.20. The summed E-state index contributed by atoms with van der Waals surface area (Å²) in [4.78, 5) is 0. The number of hydrogen-bond donors (Lipinski definition) is 0. The van der Waals surface area contributed by atoms with Gasteiger partial charge in [-0.05, 0) is 5.56 Å². The fourth-order valence-corrected chi connectivity index (χ4v) is 4.57. The average molecular weight is 338 g/mol. The molecular formula is C10H15IO3Si. The van der Waals surface area contributed by atoms with Crippen LogP contribution in [0, 0.1) is 0 Å². The molecule has 0 radical (unpaired) electrons. The van der Waals surface area contributed by atoms with Crippen LogP contribution in [0.25, 0.3) is 0 Å². The van der Waals surface area contributed by atoms with Crippen LogP contribution in [0.5, 0.6) is 0 Å². The fraction of sp³-hybridized carbons (Fsp3) is 0.400. The van der Waals surface area contributed by atoms with Crippen LogP contribution in [-0.4, -0.2) is 30.1 Å². The Bertz CT molecular complexity index is 307. The Morgan fingerprint density at radius 1 is 1.07 bits per heavy atom. The van der Waals surface area contributed by atoms with Crippen molar-refractivity contribution >= 4 is 36.6 Å². The van der Waals surface area contributed by atoms with Gasteiger partial charge in [-0.25, -0.2) is 0 Å². The number of rotatable bonds is 5. The number of benzene rings is 1. The van der Waals surface area contributed by atoms with Crippen molar-refractivity contribution in [3.8, 4) is 0 Å². The van der Waals surface area contributed by atoms with E-state index in [-0.39, 0.29) is 0 Å². The van der Waals surface area contributed by atoms with Gasteiger partial charge >= 0.3 is 8.80 Å². The minimum Gasteiger partial charge on any atom is -0.373 e. The van der Waals surface area contributed by atoms with Gasteiger partial charge in [0.1, 0.15) is 0 Å². The second-order valence-electron chi connectivity index (χ2n) is 2.96. The Labute approximate surface area is 105 Å². The van der Waals surface area contributed by atoms with Crippen LogP contribution in [0.15, 0.2) is 24.3 Å². The van der Waals surface area contributed by atoms with E-state index in [1.165, 1.54) is 5.56 Å². The fourth-order valence-electron chi connectivity index (χ4n) is 1.52. The summed E-state index contributed by atoms with van der Waals surface area (Å²) in [5, 5.41) is 1.05. The third-order valence-electron chi connectivity index (χ3n) is 2.30. The first kappa shape index (κ1) is 13.1. The Hall–Kier alpha value is 0.0469. The molecule has 0 amide bonds. The smallest absolute Gasteiger partial charge is 0.373 e. The highest BCUT2D eigenvalue weighted by Crippen LogP contribution is 2.12. The molecule has 0 unspecified atom stereocenters. The van der Waals surface area contributed by atoms with E-state index in [4.69, 9.17) is 13.3 Å². The first-order chi connectivity index (χ1) is 7.24. The highest BCUT2D eigenvalue weighted by atomic mass is 127. The van der Waals surface area contributed by atoms with E-state index >= 15 is 0 Å². The largest absolute Gasteiger partial charge is 0.536 e. The molecule has 0 N–H and O–H groups in total. The highest BCUT2D eigenvalue weighted by molar-refractivity contribution is 14.1. The maximum absolute atomic E-state index is 5.46. The Morgan fingerprint density at radius 2 is 1.60 bits per heavy atom. The van der Waals surface area contributed by atoms with Gasteiger partial charge in [0.25, 0.3) is 0 Å². The van der Waals surface area contributed by atoms with E-state index in [1.807, 2.05) is 18.2 Å². The molecule has 0 aliphatic rings. The highest BCUT2D eigenvalue weighted by Gasteiger charge is 2.42. The van der Waals surface area contributed by atoms with Gasteiger partial charge in [0.15, 0.2) is 0 Å². The molecular weight excluding hydrogens is 323 g/mol. The standard InChI is InChI=1S/C10H15IO3Si/c1-12-15(13-2,14-3)10-7-5-4-6-9(10)8-11/h4-7H,8H2,1-3H3. The molecule has 0 bridgehead atoms. The lowest BCUT2D eigenvalue weighted by molar-refractivity contribution is 0.140. The molecule has 1 aromatic rings. The van der Waals surface area contributed by atoms with E-state index in [1.54, 1.807) is 21.3 Å². The molecule has 84 valence electrons. The molecule has 5 heteroatoms. The Kier molecular flexibility index (Phi) is 5.20. The molecule has 1 aromatic carbocycles. The van der Waals surface area contributed by atoms with Gasteiger partial charge < -0.3 is 13.3 Å². The zero-order valence-electron chi connectivity index (χ0n) is 9.12. The molecule has 0 fully saturated rings. The zero-order chi connectivity index (χ0) is 11.3. The van der Waals surface area contributed by atoms with Crippen molar-refractivity contribution in [2.24, 2.45) is 0 Å². The summed E-state index contributed by atoms with van der Waals surface area (Å²) in [5.74, 6) is 0. The molecule has 1 rings (SSSR count). The van der Waals surface area contributed by atoms with Gasteiger partial charge in [0, 0.05) is 30.9 Å². The van der Waals surface area contributed by atoms with Crippen LogP contribution < -0.4 is 5.19 Å². The molecule has 0 heterocycles. The predicted octanol–water partition coefficient (Wildman–Crippen LogP) is 1.71. The molecule has 0 saturated heterocycles. The van der Waals surface area contributed by atoms with Crippen molar-refractivity contribution in [2.45, 2.75) is 4.43 Å². The van der Waals surface area contributed by atoms with Crippen LogP contribution in [-0.2, 0) is 17.7 Å². The van der Waals surface area contributed by atoms with Gasteiger partial charge in [0.05, 0.1) is 0 Å². The normalized spacial score (nSPS) is 11.7. The minimum atomic E-state index is -2.66. The monoisotopic (exact) mass is 338 g/mol. The lowest BCUT2D eigenvalue weighted by Crippen LogP contribution is -2.55. The lowest BCUT2D eigenvalue weighted by atomic mass is 10.2. The van der Waals surface area contributed by atoms with E-state index in [2.05, 4.69) is 28.7 Å². The van der Waals surface area contributed by atoms with Gasteiger partial charge in [0.2, 0.25) is 0 Å². The second-order valence-corrected chi connectivity index (χ2v) is 6.60. The van der Waals surface area contributed by atoms with Crippen LogP contribution in [0.2, 0.25) is 0 Å². The van der Waals surface area contributed by atoms with Crippen LogP contribution >= 0.6 is 22.6 Å². The van der Waals surface area contributed by atoms with Crippen molar-refractivity contribution in [1.29, 1.82) is 0 Å². The third-order valence-corrected chi connectivity index (χ3v) is 5.88. The second kappa shape index (κ2) is 5.95. The summed E-state index contributed by atoms with van der Waals surface area (Å²) in [7, 11) is 2.22. The van der Waals surface area contributed by atoms with Crippen LogP contribution in [0.1, 0.15) is 5.56 Å². The molecule has 0 aliphatic heterocycles. The molecule has 0 aromatic heterocycles. The topological polar surface area (TPSA) is 27.7 Å². The van der Waals surface area contributed by atoms with Gasteiger partial charge in [-0.2, -0.15) is 0 Å². The molecule has 0 saturated carbocycles. The maximum atomic E-state index is 5.46. The third kappa shape index (κ3) is 2.59. The van der Waals surface area contributed by atoms with E-state index < -0.39 is 8.80 Å². The molecule has 3 nitrogen and oxygen atoms in total. The van der Waals surface area contributed by atoms with Crippen molar-refractivity contribution in [3.05, 3.63) is 29.8 Å². The van der Waals surface area contributed by atoms with E-state index in [0.29, 0.717) is 0 Å². The first-order valence-corrected chi connectivity index (χ1v) is 7.79. The van der Waals surface area contributed by atoms with Crippen molar-refractivity contribution in [2.75, 3.05) is 21.3 Å². The molecule has 0 aliphatic carbocycles. The Morgan fingerprint density at radius 3 is 2.07 bits per heavy atom. The zero-order valence-corrected chi connectivity index (χ0v) is 12.3. The summed E-state index contributed by atoms with van der Waals surface area (Å²) >= 11 is 2.32. The number of hydrogen-bond acceptors (Lipinski definition) is 3. The van der Waals surface area contributed by atoms with Gasteiger partial charge in [-0.3, -0.25) is 0 Å². The molecule has 0 spiro atoms. The summed E-state index contributed by atoms with van der Waals surface area (Å²) < 4.78 is 17.3. The first-order valence-electron chi connectivity index (χ1n) is 4.54. The Balaban J connectivity index is 3.21. The molecule has 0 atom stereocenters. The SMILES string of the molecule is CO[Si](OC)(OC)c1ccccc1CI. The average Bonchev–Trinajstić information content (AvgIpc) is 2.33. The molecule has 15 heavy (non-hydrogen) atoms. The van der Waals surface area contributed by atoms with Crippen LogP contribution in [0.3, 0.4) is 0 Å². The van der Waals surface area contributed by atoms with Crippen molar-refractivity contribution < 1.29 is 13.3 Å². The summed E-state index contributed by atoms with van der Waals surface area (Å²) in [6.45, 7) is 0. The van der Waals surface area contributed by atoms with E-state index in [9.17, 15) is 0 Å².